The highest BCUT2D eigenvalue weighted by Gasteiger charge is 1.98. The molecule has 0 saturated carbocycles. The molecule has 0 amide bonds. The SMILES string of the molecule is CCCCC[S+](C)C.[OH-]. The van der Waals surface area contributed by atoms with Crippen LogP contribution in [0.1, 0.15) is 26.2 Å². The summed E-state index contributed by atoms with van der Waals surface area (Å²) in [6, 6.07) is 0. The van der Waals surface area contributed by atoms with E-state index in [-0.39, 0.29) is 5.48 Å². The van der Waals surface area contributed by atoms with Crippen molar-refractivity contribution in [3.05, 3.63) is 0 Å². The molecule has 0 fully saturated rings. The van der Waals surface area contributed by atoms with Crippen molar-refractivity contribution >= 4 is 10.9 Å². The van der Waals surface area contributed by atoms with Gasteiger partial charge in [0.25, 0.3) is 0 Å². The Hall–Kier alpha value is 0.310. The average Bonchev–Trinajstić information content (AvgIpc) is 1.66. The van der Waals surface area contributed by atoms with E-state index in [0.29, 0.717) is 10.9 Å². The van der Waals surface area contributed by atoms with Gasteiger partial charge in [0, 0.05) is 0 Å². The van der Waals surface area contributed by atoms with Crippen LogP contribution < -0.4 is 0 Å². The molecule has 0 spiro atoms. The van der Waals surface area contributed by atoms with Gasteiger partial charge >= 0.3 is 0 Å². The Bertz CT molecular complexity index is 46.2. The fourth-order valence-electron chi connectivity index (χ4n) is 0.641. The maximum Gasteiger partial charge on any atom is 0.107 e. The predicted molar refractivity (Wildman–Crippen MR) is 45.5 cm³/mol. The molecule has 0 aromatic carbocycles. The van der Waals surface area contributed by atoms with Crippen LogP contribution in [0.4, 0.5) is 0 Å². The molecule has 1 N–H and O–H groups in total. The summed E-state index contributed by atoms with van der Waals surface area (Å²) in [6.07, 6.45) is 8.85. The Morgan fingerprint density at radius 1 is 1.11 bits per heavy atom. The van der Waals surface area contributed by atoms with E-state index in [4.69, 9.17) is 0 Å². The quantitative estimate of drug-likeness (QED) is 0.444. The van der Waals surface area contributed by atoms with Crippen LogP contribution in [0.5, 0.6) is 0 Å². The van der Waals surface area contributed by atoms with Crippen molar-refractivity contribution in [1.82, 2.24) is 0 Å². The lowest BCUT2D eigenvalue weighted by molar-refractivity contribution is 0.777. The molecule has 58 valence electrons. The van der Waals surface area contributed by atoms with Gasteiger partial charge in [-0.05, 0) is 23.7 Å². The van der Waals surface area contributed by atoms with Crippen molar-refractivity contribution in [2.45, 2.75) is 26.2 Å². The molecule has 0 bridgehead atoms. The van der Waals surface area contributed by atoms with E-state index in [1.165, 1.54) is 25.0 Å². The Balaban J connectivity index is 0. The second-order valence-corrected chi connectivity index (χ2v) is 4.78. The summed E-state index contributed by atoms with van der Waals surface area (Å²) in [5, 5.41) is 0. The first-order chi connectivity index (χ1) is 3.77. The zero-order valence-corrected chi connectivity index (χ0v) is 7.50. The molecular formula is C7H18OS. The Labute approximate surface area is 61.5 Å². The van der Waals surface area contributed by atoms with Crippen molar-refractivity contribution in [3.8, 4) is 0 Å². The Kier molecular flexibility index (Phi) is 11.1. The molecule has 9 heavy (non-hydrogen) atoms. The smallest absolute Gasteiger partial charge is 0.107 e. The van der Waals surface area contributed by atoms with Crippen LogP contribution in [0.2, 0.25) is 0 Å². The molecule has 0 aromatic heterocycles. The maximum atomic E-state index is 2.32. The van der Waals surface area contributed by atoms with Gasteiger partial charge in [0.1, 0.15) is 5.75 Å². The van der Waals surface area contributed by atoms with Gasteiger partial charge in [-0.3, -0.25) is 0 Å². The number of unbranched alkanes of at least 4 members (excludes halogenated alkanes) is 2. The van der Waals surface area contributed by atoms with Gasteiger partial charge in [-0.2, -0.15) is 0 Å². The summed E-state index contributed by atoms with van der Waals surface area (Å²) in [5.41, 5.74) is 0. The van der Waals surface area contributed by atoms with Gasteiger partial charge in [0.2, 0.25) is 0 Å². The van der Waals surface area contributed by atoms with Crippen molar-refractivity contribution in [1.29, 1.82) is 0 Å². The lowest BCUT2D eigenvalue weighted by atomic mass is 10.3. The summed E-state index contributed by atoms with van der Waals surface area (Å²) < 4.78 is 0. The second-order valence-electron chi connectivity index (χ2n) is 2.40. The van der Waals surface area contributed by atoms with Crippen LogP contribution >= 0.6 is 0 Å². The lowest BCUT2D eigenvalue weighted by Gasteiger charge is -1.93. The number of rotatable bonds is 4. The van der Waals surface area contributed by atoms with E-state index in [1.807, 2.05) is 0 Å². The molecule has 0 radical (unpaired) electrons. The molecule has 0 atom stereocenters. The van der Waals surface area contributed by atoms with Gasteiger partial charge in [-0.15, -0.1) is 0 Å². The molecule has 0 rings (SSSR count). The van der Waals surface area contributed by atoms with Crippen molar-refractivity contribution < 1.29 is 5.48 Å². The molecule has 0 aromatic rings. The largest absolute Gasteiger partial charge is 0.870 e. The Morgan fingerprint density at radius 3 is 2.00 bits per heavy atom. The maximum absolute atomic E-state index is 2.32. The van der Waals surface area contributed by atoms with E-state index in [1.54, 1.807) is 0 Å². The van der Waals surface area contributed by atoms with Crippen LogP contribution in [0, 0.1) is 0 Å². The summed E-state index contributed by atoms with van der Waals surface area (Å²) in [5.74, 6) is 1.44. The number of hydrogen-bond acceptors (Lipinski definition) is 1. The minimum absolute atomic E-state index is 0. The van der Waals surface area contributed by atoms with Crippen LogP contribution in [-0.2, 0) is 10.9 Å². The fourth-order valence-corrected chi connectivity index (χ4v) is 1.42. The minimum atomic E-state index is 0. The van der Waals surface area contributed by atoms with E-state index < -0.39 is 0 Å². The zero-order chi connectivity index (χ0) is 6.41. The van der Waals surface area contributed by atoms with Crippen LogP contribution in [0.25, 0.3) is 0 Å². The highest BCUT2D eigenvalue weighted by atomic mass is 32.2. The summed E-state index contributed by atoms with van der Waals surface area (Å²) >= 11 is 0. The molecular weight excluding hydrogens is 132 g/mol. The van der Waals surface area contributed by atoms with Crippen molar-refractivity contribution in [3.63, 3.8) is 0 Å². The van der Waals surface area contributed by atoms with Gasteiger partial charge in [0.05, 0.1) is 12.5 Å². The minimum Gasteiger partial charge on any atom is -0.870 e. The number of hydrogen-bond donors (Lipinski definition) is 0. The van der Waals surface area contributed by atoms with Crippen LogP contribution in [0.3, 0.4) is 0 Å². The highest BCUT2D eigenvalue weighted by molar-refractivity contribution is 7.95. The normalized spacial score (nSPS) is 9.33. The van der Waals surface area contributed by atoms with Crippen molar-refractivity contribution in [2.75, 3.05) is 18.3 Å². The second kappa shape index (κ2) is 8.31. The molecule has 2 heteroatoms. The predicted octanol–water partition coefficient (Wildman–Crippen LogP) is 1.88. The third-order valence-electron chi connectivity index (χ3n) is 1.16. The Morgan fingerprint density at radius 2 is 1.67 bits per heavy atom. The van der Waals surface area contributed by atoms with Gasteiger partial charge in [-0.25, -0.2) is 0 Å². The molecule has 0 unspecified atom stereocenters. The standard InChI is InChI=1S/C7H17S.H2O/c1-4-5-6-7-8(2)3;/h4-7H2,1-3H3;1H2/q+1;/p-1. The van der Waals surface area contributed by atoms with Gasteiger partial charge in [0.15, 0.2) is 0 Å². The molecule has 1 nitrogen and oxygen atoms in total. The first kappa shape index (κ1) is 12.0. The molecule has 0 aliphatic rings. The van der Waals surface area contributed by atoms with Gasteiger partial charge < -0.3 is 5.48 Å². The summed E-state index contributed by atoms with van der Waals surface area (Å²) in [7, 11) is 0.683. The first-order valence-corrected chi connectivity index (χ1v) is 5.52. The third kappa shape index (κ3) is 11.7. The van der Waals surface area contributed by atoms with Crippen LogP contribution in [-0.4, -0.2) is 23.7 Å². The van der Waals surface area contributed by atoms with E-state index in [0.717, 1.165) is 0 Å². The topological polar surface area (TPSA) is 30.0 Å². The summed E-state index contributed by atoms with van der Waals surface area (Å²) in [4.78, 5) is 0. The molecule has 0 saturated heterocycles. The summed E-state index contributed by atoms with van der Waals surface area (Å²) in [6.45, 7) is 2.25. The molecule has 0 aliphatic heterocycles. The highest BCUT2D eigenvalue weighted by Crippen LogP contribution is 1.96. The zero-order valence-electron chi connectivity index (χ0n) is 6.68. The van der Waals surface area contributed by atoms with Gasteiger partial charge in [-0.1, -0.05) is 13.3 Å². The average molecular weight is 150 g/mol. The van der Waals surface area contributed by atoms with Crippen LogP contribution in [0.15, 0.2) is 0 Å². The van der Waals surface area contributed by atoms with Crippen molar-refractivity contribution in [2.24, 2.45) is 0 Å². The van der Waals surface area contributed by atoms with E-state index in [9.17, 15) is 0 Å². The monoisotopic (exact) mass is 150 g/mol. The van der Waals surface area contributed by atoms with E-state index in [2.05, 4.69) is 19.4 Å². The molecule has 0 heterocycles. The first-order valence-electron chi connectivity index (χ1n) is 3.31. The third-order valence-corrected chi connectivity index (χ3v) is 2.26. The van der Waals surface area contributed by atoms with E-state index >= 15 is 0 Å². The fraction of sp³-hybridized carbons (Fsp3) is 1.00. The lowest BCUT2D eigenvalue weighted by Crippen LogP contribution is -2.00. The molecule has 0 aliphatic carbocycles.